The summed E-state index contributed by atoms with van der Waals surface area (Å²) in [5.41, 5.74) is 3.06. The van der Waals surface area contributed by atoms with E-state index in [1.165, 1.54) is 0 Å². The molecule has 1 aliphatic carbocycles. The number of fused-ring (bicyclic) bond motifs is 1. The van der Waals surface area contributed by atoms with E-state index in [4.69, 9.17) is 0 Å². The maximum Gasteiger partial charge on any atom is 0.356 e. The maximum atomic E-state index is 11.4. The van der Waals surface area contributed by atoms with Gasteiger partial charge in [-0.3, -0.25) is 0 Å². The van der Waals surface area contributed by atoms with Crippen LogP contribution in [0.1, 0.15) is 35.1 Å². The van der Waals surface area contributed by atoms with Crippen LogP contribution in [0.4, 0.5) is 0 Å². The number of halogens is 1. The molecule has 1 aromatic heterocycles. The van der Waals surface area contributed by atoms with Crippen molar-refractivity contribution in [3.63, 3.8) is 0 Å². The molecule has 1 aromatic carbocycles. The summed E-state index contributed by atoms with van der Waals surface area (Å²) in [4.78, 5) is 11.4. The molecule has 20 heavy (non-hydrogen) atoms. The molecule has 104 valence electrons. The highest BCUT2D eigenvalue weighted by Crippen LogP contribution is 2.30. The summed E-state index contributed by atoms with van der Waals surface area (Å²) < 4.78 is 2.78. The highest BCUT2D eigenvalue weighted by molar-refractivity contribution is 9.10. The number of rotatable bonds is 2. The van der Waals surface area contributed by atoms with Crippen LogP contribution in [0.15, 0.2) is 28.7 Å². The topological polar surface area (TPSA) is 55.1 Å². The van der Waals surface area contributed by atoms with Crippen molar-refractivity contribution in [3.05, 3.63) is 45.7 Å². The molecule has 1 atom stereocenters. The van der Waals surface area contributed by atoms with Crippen LogP contribution >= 0.6 is 15.9 Å². The number of hydrogen-bond donors (Lipinski definition) is 1. The van der Waals surface area contributed by atoms with Crippen LogP contribution in [0.2, 0.25) is 0 Å². The lowest BCUT2D eigenvalue weighted by Gasteiger charge is -2.19. The third kappa shape index (κ3) is 2.26. The number of benzene rings is 1. The number of carboxylic acid groups (broad SMARTS) is 1. The van der Waals surface area contributed by atoms with E-state index >= 15 is 0 Å². The minimum atomic E-state index is -0.939. The smallest absolute Gasteiger partial charge is 0.356 e. The summed E-state index contributed by atoms with van der Waals surface area (Å²) in [6.45, 7) is 2.16. The molecule has 2 aromatic rings. The van der Waals surface area contributed by atoms with Gasteiger partial charge in [0, 0.05) is 15.7 Å². The Morgan fingerprint density at radius 1 is 1.40 bits per heavy atom. The van der Waals surface area contributed by atoms with Crippen LogP contribution < -0.4 is 0 Å². The quantitative estimate of drug-likeness (QED) is 0.914. The number of hydrogen-bond acceptors (Lipinski definition) is 2. The van der Waals surface area contributed by atoms with Gasteiger partial charge in [-0.15, -0.1) is 0 Å². The molecule has 0 amide bonds. The van der Waals surface area contributed by atoms with Crippen molar-refractivity contribution in [2.45, 2.75) is 26.2 Å². The van der Waals surface area contributed by atoms with E-state index in [-0.39, 0.29) is 5.69 Å². The third-order valence-corrected chi connectivity index (χ3v) is 4.32. The molecule has 0 radical (unpaired) electrons. The van der Waals surface area contributed by atoms with Crippen molar-refractivity contribution in [1.82, 2.24) is 9.78 Å². The van der Waals surface area contributed by atoms with E-state index in [0.717, 1.165) is 40.7 Å². The Bertz CT molecular complexity index is 661. The van der Waals surface area contributed by atoms with Crippen LogP contribution in [0.3, 0.4) is 0 Å². The van der Waals surface area contributed by atoms with Gasteiger partial charge < -0.3 is 5.11 Å². The van der Waals surface area contributed by atoms with Crippen molar-refractivity contribution < 1.29 is 9.90 Å². The monoisotopic (exact) mass is 334 g/mol. The second-order valence-electron chi connectivity index (χ2n) is 5.32. The molecule has 1 heterocycles. The Morgan fingerprint density at radius 2 is 2.10 bits per heavy atom. The molecule has 0 aliphatic heterocycles. The van der Waals surface area contributed by atoms with Gasteiger partial charge in [-0.25, -0.2) is 9.48 Å². The van der Waals surface area contributed by atoms with E-state index < -0.39 is 5.97 Å². The van der Waals surface area contributed by atoms with E-state index in [1.807, 2.05) is 24.3 Å². The molecule has 1 N–H and O–H groups in total. The molecule has 5 heteroatoms. The summed E-state index contributed by atoms with van der Waals surface area (Å²) in [6, 6.07) is 7.77. The van der Waals surface area contributed by atoms with Crippen LogP contribution in [-0.4, -0.2) is 20.9 Å². The molecular weight excluding hydrogens is 320 g/mol. The second kappa shape index (κ2) is 5.05. The zero-order chi connectivity index (χ0) is 14.3. The first-order valence-electron chi connectivity index (χ1n) is 6.66. The number of carboxylic acids is 1. The number of aromatic nitrogens is 2. The first-order valence-corrected chi connectivity index (χ1v) is 7.45. The van der Waals surface area contributed by atoms with Gasteiger partial charge in [-0.1, -0.05) is 22.9 Å². The van der Waals surface area contributed by atoms with Gasteiger partial charge in [-0.2, -0.15) is 5.10 Å². The number of carbonyl (C=O) groups is 1. The van der Waals surface area contributed by atoms with Crippen molar-refractivity contribution in [3.8, 4) is 5.69 Å². The lowest BCUT2D eigenvalue weighted by atomic mass is 9.87. The van der Waals surface area contributed by atoms with Gasteiger partial charge in [0.1, 0.15) is 0 Å². The highest BCUT2D eigenvalue weighted by Gasteiger charge is 2.27. The summed E-state index contributed by atoms with van der Waals surface area (Å²) in [5, 5.41) is 13.7. The Balaban J connectivity index is 2.14. The summed E-state index contributed by atoms with van der Waals surface area (Å²) in [6.07, 6.45) is 2.76. The normalized spacial score (nSPS) is 17.8. The van der Waals surface area contributed by atoms with Crippen molar-refractivity contribution in [1.29, 1.82) is 0 Å². The van der Waals surface area contributed by atoms with Gasteiger partial charge in [0.15, 0.2) is 5.69 Å². The zero-order valence-corrected chi connectivity index (χ0v) is 12.7. The van der Waals surface area contributed by atoms with Gasteiger partial charge >= 0.3 is 5.97 Å². The molecule has 3 rings (SSSR count). The van der Waals surface area contributed by atoms with Gasteiger partial charge in [0.25, 0.3) is 0 Å². The summed E-state index contributed by atoms with van der Waals surface area (Å²) in [5.74, 6) is -0.422. The highest BCUT2D eigenvalue weighted by atomic mass is 79.9. The van der Waals surface area contributed by atoms with Gasteiger partial charge in [0.2, 0.25) is 0 Å². The Labute approximate surface area is 125 Å². The first kappa shape index (κ1) is 13.4. The molecule has 0 saturated heterocycles. The van der Waals surface area contributed by atoms with Crippen LogP contribution in [-0.2, 0) is 12.8 Å². The molecule has 0 spiro atoms. The van der Waals surface area contributed by atoms with Crippen LogP contribution in [0, 0.1) is 5.92 Å². The molecule has 0 bridgehead atoms. The predicted octanol–water partition coefficient (Wildman–Crippen LogP) is 3.46. The fraction of sp³-hybridized carbons (Fsp3) is 0.333. The standard InChI is InChI=1S/C15H15BrN2O2/c1-9-2-7-13-12(8-9)14(15(19)20)17-18(13)11-5-3-10(16)4-6-11/h3-6,9H,2,7-8H2,1H3,(H,19,20). The van der Waals surface area contributed by atoms with E-state index in [9.17, 15) is 9.90 Å². The largest absolute Gasteiger partial charge is 0.476 e. The van der Waals surface area contributed by atoms with Gasteiger partial charge in [-0.05, 0) is 49.4 Å². The molecule has 1 aliphatic rings. The van der Waals surface area contributed by atoms with E-state index in [0.29, 0.717) is 5.92 Å². The molecule has 4 nitrogen and oxygen atoms in total. The predicted molar refractivity (Wildman–Crippen MR) is 79.4 cm³/mol. The maximum absolute atomic E-state index is 11.4. The minimum absolute atomic E-state index is 0.203. The lowest BCUT2D eigenvalue weighted by molar-refractivity contribution is 0.0688. The SMILES string of the molecule is CC1CCc2c(c(C(=O)O)nn2-c2ccc(Br)cc2)C1. The Kier molecular flexibility index (Phi) is 3.38. The average Bonchev–Trinajstić information content (AvgIpc) is 2.78. The van der Waals surface area contributed by atoms with Crippen molar-refractivity contribution >= 4 is 21.9 Å². The first-order chi connectivity index (χ1) is 9.56. The minimum Gasteiger partial charge on any atom is -0.476 e. The third-order valence-electron chi connectivity index (χ3n) is 3.79. The molecule has 0 saturated carbocycles. The van der Waals surface area contributed by atoms with Crippen LogP contribution in [0.25, 0.3) is 5.69 Å². The molecular formula is C15H15BrN2O2. The number of aromatic carboxylic acids is 1. The number of nitrogens with zero attached hydrogens (tertiary/aromatic N) is 2. The lowest BCUT2D eigenvalue weighted by Crippen LogP contribution is -2.14. The van der Waals surface area contributed by atoms with Crippen LogP contribution in [0.5, 0.6) is 0 Å². The van der Waals surface area contributed by atoms with E-state index in [1.54, 1.807) is 4.68 Å². The second-order valence-corrected chi connectivity index (χ2v) is 6.23. The van der Waals surface area contributed by atoms with Crippen molar-refractivity contribution in [2.75, 3.05) is 0 Å². The van der Waals surface area contributed by atoms with E-state index in [2.05, 4.69) is 28.0 Å². The Morgan fingerprint density at radius 3 is 2.75 bits per heavy atom. The van der Waals surface area contributed by atoms with Crippen molar-refractivity contribution in [2.24, 2.45) is 5.92 Å². The molecule has 1 unspecified atom stereocenters. The zero-order valence-electron chi connectivity index (χ0n) is 11.1. The summed E-state index contributed by atoms with van der Waals surface area (Å²) in [7, 11) is 0. The Hall–Kier alpha value is -1.62. The average molecular weight is 335 g/mol. The summed E-state index contributed by atoms with van der Waals surface area (Å²) >= 11 is 3.41. The van der Waals surface area contributed by atoms with Gasteiger partial charge in [0.05, 0.1) is 5.69 Å². The molecule has 0 fully saturated rings. The fourth-order valence-corrected chi connectivity index (χ4v) is 3.02. The fourth-order valence-electron chi connectivity index (χ4n) is 2.76.